The summed E-state index contributed by atoms with van der Waals surface area (Å²) in [6, 6.07) is 4.27. The summed E-state index contributed by atoms with van der Waals surface area (Å²) in [4.78, 5) is 0. The summed E-state index contributed by atoms with van der Waals surface area (Å²) in [5, 5.41) is 9.63. The van der Waals surface area contributed by atoms with Crippen molar-refractivity contribution in [2.24, 2.45) is 5.73 Å². The molecule has 1 aliphatic heterocycles. The monoisotopic (exact) mass is 299 g/mol. The molecule has 1 aliphatic rings. The second kappa shape index (κ2) is 6.70. The Balaban J connectivity index is 1.86. The number of benzene rings is 1. The van der Waals surface area contributed by atoms with E-state index < -0.39 is 17.7 Å². The van der Waals surface area contributed by atoms with Gasteiger partial charge < -0.3 is 25.1 Å². The molecule has 0 bridgehead atoms. The molecule has 1 aromatic carbocycles. The number of aliphatic hydroxyl groups excluding tert-OH is 1. The molecule has 0 radical (unpaired) electrons. The van der Waals surface area contributed by atoms with Crippen molar-refractivity contribution in [3.63, 3.8) is 0 Å². The second-order valence-electron chi connectivity index (χ2n) is 5.52. The van der Waals surface area contributed by atoms with Crippen LogP contribution in [0.25, 0.3) is 0 Å². The first kappa shape index (κ1) is 16.2. The molecule has 0 amide bonds. The van der Waals surface area contributed by atoms with Crippen molar-refractivity contribution >= 4 is 0 Å². The van der Waals surface area contributed by atoms with E-state index in [9.17, 15) is 9.50 Å². The molecule has 3 N–H and O–H groups in total. The number of ether oxygens (including phenoxy) is 3. The van der Waals surface area contributed by atoms with E-state index in [0.717, 1.165) is 0 Å². The summed E-state index contributed by atoms with van der Waals surface area (Å²) in [6.07, 6.45) is -0.356. The molecule has 1 aromatic rings. The maximum Gasteiger partial charge on any atom is 0.163 e. The Bertz CT molecular complexity index is 481. The molecule has 2 rings (SSSR count). The van der Waals surface area contributed by atoms with Crippen LogP contribution >= 0.6 is 0 Å². The number of hydrogen-bond donors (Lipinski definition) is 2. The average Bonchev–Trinajstić information content (AvgIpc) is 2.79. The third-order valence-corrected chi connectivity index (χ3v) is 3.33. The molecule has 0 aromatic heterocycles. The molecule has 6 heteroatoms. The van der Waals surface area contributed by atoms with Crippen LogP contribution in [0.5, 0.6) is 5.75 Å². The average molecular weight is 299 g/mol. The first-order chi connectivity index (χ1) is 9.91. The summed E-state index contributed by atoms with van der Waals surface area (Å²) in [6.45, 7) is 4.66. The lowest BCUT2D eigenvalue weighted by Gasteiger charge is -2.17. The fourth-order valence-electron chi connectivity index (χ4n) is 2.21. The largest absolute Gasteiger partial charge is 0.493 e. The number of rotatable bonds is 6. The highest BCUT2D eigenvalue weighted by atomic mass is 19.1. The summed E-state index contributed by atoms with van der Waals surface area (Å²) in [7, 11) is 0. The SMILES string of the molecule is CC1(C)OC[C@H](CCOc2ccc(F)c([C@H](O)CN)c2)O1. The summed E-state index contributed by atoms with van der Waals surface area (Å²) in [5.41, 5.74) is 5.49. The highest BCUT2D eigenvalue weighted by Gasteiger charge is 2.32. The van der Waals surface area contributed by atoms with Crippen LogP contribution in [0.15, 0.2) is 18.2 Å². The van der Waals surface area contributed by atoms with Crippen molar-refractivity contribution in [2.75, 3.05) is 19.8 Å². The van der Waals surface area contributed by atoms with Gasteiger partial charge in [-0.2, -0.15) is 0 Å². The minimum absolute atomic E-state index is 0.00505. The Morgan fingerprint density at radius 2 is 2.29 bits per heavy atom. The lowest BCUT2D eigenvalue weighted by Crippen LogP contribution is -2.22. The third kappa shape index (κ3) is 4.38. The van der Waals surface area contributed by atoms with E-state index in [4.69, 9.17) is 19.9 Å². The second-order valence-corrected chi connectivity index (χ2v) is 5.52. The third-order valence-electron chi connectivity index (χ3n) is 3.33. The number of halogens is 1. The van der Waals surface area contributed by atoms with E-state index in [-0.39, 0.29) is 18.2 Å². The van der Waals surface area contributed by atoms with E-state index in [2.05, 4.69) is 0 Å². The maximum absolute atomic E-state index is 13.6. The lowest BCUT2D eigenvalue weighted by atomic mass is 10.1. The zero-order valence-electron chi connectivity index (χ0n) is 12.3. The fraction of sp³-hybridized carbons (Fsp3) is 0.600. The molecule has 0 spiro atoms. The van der Waals surface area contributed by atoms with Gasteiger partial charge in [-0.1, -0.05) is 0 Å². The van der Waals surface area contributed by atoms with Gasteiger partial charge in [-0.25, -0.2) is 4.39 Å². The number of aliphatic hydroxyl groups is 1. The molecular weight excluding hydrogens is 277 g/mol. The predicted molar refractivity (Wildman–Crippen MR) is 75.4 cm³/mol. The normalized spacial score (nSPS) is 22.2. The summed E-state index contributed by atoms with van der Waals surface area (Å²) < 4.78 is 30.3. The molecule has 0 aliphatic carbocycles. The van der Waals surface area contributed by atoms with Crippen LogP contribution in [0, 0.1) is 5.82 Å². The van der Waals surface area contributed by atoms with Gasteiger partial charge in [-0.15, -0.1) is 0 Å². The highest BCUT2D eigenvalue weighted by Crippen LogP contribution is 2.25. The molecule has 0 saturated carbocycles. The van der Waals surface area contributed by atoms with E-state index in [1.807, 2.05) is 13.8 Å². The molecule has 1 fully saturated rings. The summed E-state index contributed by atoms with van der Waals surface area (Å²) >= 11 is 0. The Kier molecular flexibility index (Phi) is 5.16. The minimum Gasteiger partial charge on any atom is -0.493 e. The minimum atomic E-state index is -1.03. The van der Waals surface area contributed by atoms with Crippen molar-refractivity contribution in [3.8, 4) is 5.75 Å². The maximum atomic E-state index is 13.6. The van der Waals surface area contributed by atoms with Crippen LogP contribution in [-0.2, 0) is 9.47 Å². The topological polar surface area (TPSA) is 73.9 Å². The van der Waals surface area contributed by atoms with Crippen molar-refractivity contribution in [3.05, 3.63) is 29.6 Å². The van der Waals surface area contributed by atoms with Crippen molar-refractivity contribution in [2.45, 2.75) is 38.3 Å². The molecule has 0 unspecified atom stereocenters. The fourth-order valence-corrected chi connectivity index (χ4v) is 2.21. The van der Waals surface area contributed by atoms with Crippen LogP contribution in [0.4, 0.5) is 4.39 Å². The first-order valence-corrected chi connectivity index (χ1v) is 7.03. The Hall–Kier alpha value is -1.21. The molecule has 1 saturated heterocycles. The van der Waals surface area contributed by atoms with E-state index in [1.165, 1.54) is 18.2 Å². The van der Waals surface area contributed by atoms with E-state index in [0.29, 0.717) is 25.4 Å². The van der Waals surface area contributed by atoms with Crippen molar-refractivity contribution in [1.29, 1.82) is 0 Å². The molecule has 1 heterocycles. The standard InChI is InChI=1S/C15H22FNO4/c1-15(2)20-9-11(21-15)5-6-19-10-3-4-13(16)12(7-10)14(18)8-17/h3-4,7,11,14,18H,5-6,8-9,17H2,1-2H3/t11-,14+/m0/s1. The van der Waals surface area contributed by atoms with Gasteiger partial charge in [0.15, 0.2) is 5.79 Å². The van der Waals surface area contributed by atoms with Crippen LogP contribution in [-0.4, -0.2) is 36.8 Å². The predicted octanol–water partition coefficient (Wildman–Crippen LogP) is 1.74. The van der Waals surface area contributed by atoms with Gasteiger partial charge in [-0.05, 0) is 32.0 Å². The molecular formula is C15H22FNO4. The van der Waals surface area contributed by atoms with Gasteiger partial charge in [-0.3, -0.25) is 0 Å². The lowest BCUT2D eigenvalue weighted by molar-refractivity contribution is -0.139. The van der Waals surface area contributed by atoms with Crippen LogP contribution < -0.4 is 10.5 Å². The Labute approximate surface area is 123 Å². The van der Waals surface area contributed by atoms with Gasteiger partial charge in [0.1, 0.15) is 11.6 Å². The summed E-state index contributed by atoms with van der Waals surface area (Å²) in [5.74, 6) is -0.537. The van der Waals surface area contributed by atoms with Crippen LogP contribution in [0.1, 0.15) is 31.9 Å². The number of hydrogen-bond acceptors (Lipinski definition) is 5. The Morgan fingerprint density at radius 3 is 2.90 bits per heavy atom. The van der Waals surface area contributed by atoms with Gasteiger partial charge in [0, 0.05) is 18.5 Å². The van der Waals surface area contributed by atoms with Crippen molar-refractivity contribution in [1.82, 2.24) is 0 Å². The van der Waals surface area contributed by atoms with Crippen LogP contribution in [0.2, 0.25) is 0 Å². The first-order valence-electron chi connectivity index (χ1n) is 7.03. The molecule has 118 valence electrons. The van der Waals surface area contributed by atoms with Gasteiger partial charge >= 0.3 is 0 Å². The smallest absolute Gasteiger partial charge is 0.163 e. The zero-order chi connectivity index (χ0) is 15.5. The van der Waals surface area contributed by atoms with E-state index in [1.54, 1.807) is 0 Å². The van der Waals surface area contributed by atoms with Gasteiger partial charge in [0.25, 0.3) is 0 Å². The van der Waals surface area contributed by atoms with Gasteiger partial charge in [0.2, 0.25) is 0 Å². The molecule has 2 atom stereocenters. The zero-order valence-corrected chi connectivity index (χ0v) is 12.3. The van der Waals surface area contributed by atoms with E-state index >= 15 is 0 Å². The number of nitrogens with two attached hydrogens (primary N) is 1. The quantitative estimate of drug-likeness (QED) is 0.837. The van der Waals surface area contributed by atoms with Crippen LogP contribution in [0.3, 0.4) is 0 Å². The molecule has 21 heavy (non-hydrogen) atoms. The molecule has 5 nitrogen and oxygen atoms in total. The van der Waals surface area contributed by atoms with Crippen molar-refractivity contribution < 1.29 is 23.7 Å². The highest BCUT2D eigenvalue weighted by molar-refractivity contribution is 5.31. The van der Waals surface area contributed by atoms with Gasteiger partial charge in [0.05, 0.1) is 25.4 Å². The Morgan fingerprint density at radius 1 is 1.52 bits per heavy atom.